The summed E-state index contributed by atoms with van der Waals surface area (Å²) in [4.78, 5) is 0. The van der Waals surface area contributed by atoms with Gasteiger partial charge in [0.25, 0.3) is 0 Å². The van der Waals surface area contributed by atoms with Crippen LogP contribution in [-0.4, -0.2) is 21.3 Å². The molecular weight excluding hydrogens is 811 g/mol. The fraction of sp³-hybridized carbons (Fsp3) is 0.0500. The first kappa shape index (κ1) is 44.9. The van der Waals surface area contributed by atoms with Crippen LogP contribution < -0.4 is 14.2 Å². The molecular formula is C60H45N3O3. The zero-order valence-corrected chi connectivity index (χ0v) is 36.9. The minimum Gasteiger partial charge on any atom is -0.497 e. The minimum atomic E-state index is 0.235. The summed E-state index contributed by atoms with van der Waals surface area (Å²) < 4.78 is 15.8. The Hall–Kier alpha value is -9.15. The van der Waals surface area contributed by atoms with E-state index in [4.69, 9.17) is 14.2 Å². The minimum absolute atomic E-state index is 0.235. The molecule has 0 unspecified atom stereocenters. The average molecular weight is 856 g/mol. The number of ether oxygens (including phenoxy) is 3. The van der Waals surface area contributed by atoms with Crippen molar-refractivity contribution in [3.8, 4) is 35.5 Å². The molecule has 7 rings (SSSR count). The van der Waals surface area contributed by atoms with Gasteiger partial charge in [-0.15, -0.1) is 0 Å². The third-order valence-electron chi connectivity index (χ3n) is 10.8. The molecule has 0 amide bonds. The first-order valence-corrected chi connectivity index (χ1v) is 21.2. The van der Waals surface area contributed by atoms with Gasteiger partial charge in [-0.2, -0.15) is 15.8 Å². The van der Waals surface area contributed by atoms with Gasteiger partial charge >= 0.3 is 0 Å². The van der Waals surface area contributed by atoms with E-state index in [1.54, 1.807) is 39.6 Å². The molecule has 0 saturated carbocycles. The Balaban J connectivity index is 1.21. The summed E-state index contributed by atoms with van der Waals surface area (Å²) in [6.07, 6.45) is 23.3. The molecule has 6 heteroatoms. The van der Waals surface area contributed by atoms with E-state index in [0.29, 0.717) is 16.7 Å². The Morgan fingerprint density at radius 2 is 0.409 bits per heavy atom. The third kappa shape index (κ3) is 11.6. The summed E-state index contributed by atoms with van der Waals surface area (Å²) in [5, 5.41) is 32.2. The second-order valence-electron chi connectivity index (χ2n) is 15.0. The number of nitrogens with zero attached hydrogens (tertiary/aromatic N) is 3. The van der Waals surface area contributed by atoms with Crippen LogP contribution in [0.2, 0.25) is 0 Å². The van der Waals surface area contributed by atoms with Gasteiger partial charge in [0.2, 0.25) is 0 Å². The van der Waals surface area contributed by atoms with Crippen molar-refractivity contribution >= 4 is 72.9 Å². The molecule has 0 fully saturated rings. The van der Waals surface area contributed by atoms with Gasteiger partial charge in [0.1, 0.15) is 35.5 Å². The molecule has 0 aliphatic heterocycles. The lowest BCUT2D eigenvalue weighted by Crippen LogP contribution is -2.02. The number of methoxy groups -OCH3 is 3. The molecule has 0 bridgehead atoms. The second kappa shape index (κ2) is 22.3. The van der Waals surface area contributed by atoms with Crippen molar-refractivity contribution in [1.82, 2.24) is 0 Å². The van der Waals surface area contributed by atoms with E-state index in [-0.39, 0.29) is 16.7 Å². The van der Waals surface area contributed by atoms with Crippen LogP contribution in [0.1, 0.15) is 83.5 Å². The van der Waals surface area contributed by atoms with Crippen molar-refractivity contribution in [2.24, 2.45) is 0 Å². The normalized spacial score (nSPS) is 11.5. The van der Waals surface area contributed by atoms with Crippen molar-refractivity contribution in [3.63, 3.8) is 0 Å². The van der Waals surface area contributed by atoms with E-state index < -0.39 is 0 Å². The van der Waals surface area contributed by atoms with Gasteiger partial charge in [-0.3, -0.25) is 0 Å². The Kier molecular flexibility index (Phi) is 15.2. The highest BCUT2D eigenvalue weighted by atomic mass is 16.5. The Morgan fingerprint density at radius 3 is 0.561 bits per heavy atom. The lowest BCUT2D eigenvalue weighted by molar-refractivity contribution is 0.414. The largest absolute Gasteiger partial charge is 0.497 e. The molecule has 0 atom stereocenters. The summed E-state index contributed by atoms with van der Waals surface area (Å²) in [5.74, 6) is 2.41. The zero-order chi connectivity index (χ0) is 46.1. The second-order valence-corrected chi connectivity index (χ2v) is 15.0. The summed E-state index contributed by atoms with van der Waals surface area (Å²) in [5.41, 5.74) is 10.8. The van der Waals surface area contributed by atoms with Crippen LogP contribution in [0.15, 0.2) is 146 Å². The van der Waals surface area contributed by atoms with E-state index in [9.17, 15) is 15.8 Å². The SMILES string of the molecule is COc1ccc(/C=C/c2ccc(/C=C/c3c(C#N)c(/C=C/c4ccc(/C=C/c5ccc(OC)cc5)cc4)c(C#N)c(/C=C/c4ccc(/C=C/c5ccc(OC)cc5)cc4)c3C#N)cc2)cc1. The van der Waals surface area contributed by atoms with Crippen LogP contribution >= 0.6 is 0 Å². The molecule has 0 radical (unpaired) electrons. The molecule has 0 N–H and O–H groups in total. The highest BCUT2D eigenvalue weighted by Gasteiger charge is 2.21. The molecule has 0 spiro atoms. The van der Waals surface area contributed by atoms with Gasteiger partial charge in [-0.05, 0) is 86.5 Å². The van der Waals surface area contributed by atoms with E-state index in [1.165, 1.54) is 0 Å². The Labute approximate surface area is 387 Å². The third-order valence-corrected chi connectivity index (χ3v) is 10.8. The van der Waals surface area contributed by atoms with Crippen LogP contribution in [0.5, 0.6) is 17.2 Å². The van der Waals surface area contributed by atoms with Crippen LogP contribution in [0.3, 0.4) is 0 Å². The van der Waals surface area contributed by atoms with Crippen LogP contribution in [0.4, 0.5) is 0 Å². The predicted octanol–water partition coefficient (Wildman–Crippen LogP) is 14.3. The standard InChI is InChI=1S/C60H45N3O3/c1-64-52-31-22-49(23-32-52)19-10-43-4-13-46(14-5-43)28-37-55-58(40-61)56(38-29-47-15-6-44(7-16-47)11-20-50-24-33-53(65-2)34-25-50)60(42-63)57(59(55)41-62)39-30-48-17-8-45(9-18-48)12-21-51-26-35-54(66-3)36-27-51/h4-39H,1-3H3/b19-10+,20-11+,21-12+,37-28+,38-29+,39-30+. The fourth-order valence-corrected chi connectivity index (χ4v) is 7.09. The van der Waals surface area contributed by atoms with E-state index in [0.717, 1.165) is 67.3 Å². The van der Waals surface area contributed by atoms with Crippen LogP contribution in [0, 0.1) is 34.0 Å². The van der Waals surface area contributed by atoms with Gasteiger partial charge in [0, 0.05) is 16.7 Å². The van der Waals surface area contributed by atoms with Crippen molar-refractivity contribution in [2.75, 3.05) is 21.3 Å². The summed E-state index contributed by atoms with van der Waals surface area (Å²) in [6.45, 7) is 0. The maximum Gasteiger partial charge on any atom is 0.118 e. The molecule has 0 aliphatic carbocycles. The molecule has 318 valence electrons. The first-order chi connectivity index (χ1) is 32.4. The highest BCUT2D eigenvalue weighted by Crippen LogP contribution is 2.33. The van der Waals surface area contributed by atoms with Crippen LogP contribution in [0.25, 0.3) is 72.9 Å². The topological polar surface area (TPSA) is 99.1 Å². The lowest BCUT2D eigenvalue weighted by Gasteiger charge is -2.13. The van der Waals surface area contributed by atoms with Gasteiger partial charge in [0.15, 0.2) is 0 Å². The summed E-state index contributed by atoms with van der Waals surface area (Å²) in [7, 11) is 4.94. The van der Waals surface area contributed by atoms with E-state index >= 15 is 0 Å². The summed E-state index contributed by atoms with van der Waals surface area (Å²) >= 11 is 0. The molecule has 7 aromatic rings. The lowest BCUT2D eigenvalue weighted by atomic mass is 9.86. The quantitative estimate of drug-likeness (QED) is 0.0953. The maximum absolute atomic E-state index is 10.7. The smallest absolute Gasteiger partial charge is 0.118 e. The van der Waals surface area contributed by atoms with E-state index in [2.05, 4.69) is 18.2 Å². The van der Waals surface area contributed by atoms with Crippen molar-refractivity contribution in [3.05, 3.63) is 229 Å². The van der Waals surface area contributed by atoms with Crippen molar-refractivity contribution < 1.29 is 14.2 Å². The molecule has 0 saturated heterocycles. The first-order valence-electron chi connectivity index (χ1n) is 21.2. The maximum atomic E-state index is 10.7. The average Bonchev–Trinajstić information content (AvgIpc) is 3.38. The molecule has 0 heterocycles. The number of hydrogen-bond acceptors (Lipinski definition) is 6. The molecule has 7 aromatic carbocycles. The van der Waals surface area contributed by atoms with Gasteiger partial charge in [0.05, 0.1) is 38.0 Å². The monoisotopic (exact) mass is 855 g/mol. The zero-order valence-electron chi connectivity index (χ0n) is 36.9. The van der Waals surface area contributed by atoms with Crippen LogP contribution in [-0.2, 0) is 0 Å². The number of benzene rings is 7. The molecule has 0 aromatic heterocycles. The predicted molar refractivity (Wildman–Crippen MR) is 272 cm³/mol. The van der Waals surface area contributed by atoms with Gasteiger partial charge in [-0.1, -0.05) is 182 Å². The van der Waals surface area contributed by atoms with Crippen molar-refractivity contribution in [1.29, 1.82) is 15.8 Å². The number of hydrogen-bond donors (Lipinski definition) is 0. The number of rotatable bonds is 15. The van der Waals surface area contributed by atoms with E-state index in [1.807, 2.05) is 200 Å². The molecule has 6 nitrogen and oxygen atoms in total. The Bertz CT molecular complexity index is 2730. The van der Waals surface area contributed by atoms with Gasteiger partial charge in [-0.25, -0.2) is 0 Å². The van der Waals surface area contributed by atoms with Gasteiger partial charge < -0.3 is 14.2 Å². The highest BCUT2D eigenvalue weighted by molar-refractivity contribution is 5.90. The van der Waals surface area contributed by atoms with Crippen molar-refractivity contribution in [2.45, 2.75) is 0 Å². The molecule has 0 aliphatic rings. The Morgan fingerprint density at radius 1 is 0.258 bits per heavy atom. The number of nitriles is 3. The molecule has 66 heavy (non-hydrogen) atoms. The summed E-state index contributed by atoms with van der Waals surface area (Å²) in [6, 6.07) is 54.5. The fourth-order valence-electron chi connectivity index (χ4n) is 7.09.